The van der Waals surface area contributed by atoms with Crippen LogP contribution in [0.25, 0.3) is 0 Å². The summed E-state index contributed by atoms with van der Waals surface area (Å²) >= 11 is 0. The second-order valence-corrected chi connectivity index (χ2v) is 10.6. The minimum Gasteiger partial charge on any atom is -0.379 e. The van der Waals surface area contributed by atoms with Crippen molar-refractivity contribution in [1.82, 2.24) is 4.31 Å². The van der Waals surface area contributed by atoms with Gasteiger partial charge in [-0.25, -0.2) is 12.8 Å². The number of rotatable bonds is 4. The van der Waals surface area contributed by atoms with E-state index in [0.29, 0.717) is 30.8 Å². The molecule has 162 valence electrons. The summed E-state index contributed by atoms with van der Waals surface area (Å²) < 4.78 is 48.7. The third kappa shape index (κ3) is 4.04. The molecule has 2 aromatic rings. The van der Waals surface area contributed by atoms with Crippen molar-refractivity contribution in [2.75, 3.05) is 13.2 Å². The van der Waals surface area contributed by atoms with Gasteiger partial charge in [0.05, 0.1) is 12.1 Å². The number of benzene rings is 2. The molecule has 2 N–H and O–H groups in total. The summed E-state index contributed by atoms with van der Waals surface area (Å²) in [7, 11) is -3.60. The lowest BCUT2D eigenvalue weighted by molar-refractivity contribution is 0.0365. The fraction of sp³-hybridized carbons (Fsp3) is 0.478. The highest BCUT2D eigenvalue weighted by atomic mass is 32.2. The minimum atomic E-state index is -3.60. The van der Waals surface area contributed by atoms with Crippen LogP contribution in [0, 0.1) is 5.82 Å². The summed E-state index contributed by atoms with van der Waals surface area (Å²) in [6.07, 6.45) is 2.88. The summed E-state index contributed by atoms with van der Waals surface area (Å²) in [4.78, 5) is 0. The van der Waals surface area contributed by atoms with Crippen molar-refractivity contribution in [2.24, 2.45) is 5.73 Å². The Kier molecular flexibility index (Phi) is 5.99. The van der Waals surface area contributed by atoms with Gasteiger partial charge in [0.1, 0.15) is 11.1 Å². The normalized spacial score (nSPS) is 29.6. The number of nitrogens with zero attached hydrogens (tertiary/aromatic N) is 1. The average molecular weight is 433 g/mol. The van der Waals surface area contributed by atoms with E-state index in [-0.39, 0.29) is 12.6 Å². The van der Waals surface area contributed by atoms with Crippen LogP contribution in [0.3, 0.4) is 0 Å². The third-order valence-electron chi connectivity index (χ3n) is 6.42. The minimum absolute atomic E-state index is 0.0209. The number of sulfonamides is 1. The molecule has 0 aliphatic carbocycles. The highest BCUT2D eigenvalue weighted by molar-refractivity contribution is 7.89. The van der Waals surface area contributed by atoms with E-state index in [4.69, 9.17) is 10.5 Å². The van der Waals surface area contributed by atoms with Crippen LogP contribution in [0.2, 0.25) is 0 Å². The Morgan fingerprint density at radius 1 is 1.20 bits per heavy atom. The molecule has 0 bridgehead atoms. The van der Waals surface area contributed by atoms with Gasteiger partial charge in [-0.1, -0.05) is 42.5 Å². The van der Waals surface area contributed by atoms with E-state index in [1.165, 1.54) is 10.4 Å². The van der Waals surface area contributed by atoms with Gasteiger partial charge in [0.15, 0.2) is 0 Å². The molecule has 2 aliphatic heterocycles. The summed E-state index contributed by atoms with van der Waals surface area (Å²) in [5, 5.41) is -0.594. The molecule has 0 radical (unpaired) electrons. The van der Waals surface area contributed by atoms with E-state index < -0.39 is 26.6 Å². The van der Waals surface area contributed by atoms with Crippen LogP contribution in [0.4, 0.5) is 4.39 Å². The highest BCUT2D eigenvalue weighted by Crippen LogP contribution is 2.38. The van der Waals surface area contributed by atoms with Crippen LogP contribution >= 0.6 is 0 Å². The lowest BCUT2D eigenvalue weighted by atomic mass is 9.85. The Balaban J connectivity index is 1.59. The zero-order valence-corrected chi connectivity index (χ0v) is 18.1. The Labute approximate surface area is 178 Å². The van der Waals surface area contributed by atoms with Crippen LogP contribution in [0.5, 0.6) is 0 Å². The molecule has 30 heavy (non-hydrogen) atoms. The summed E-state index contributed by atoms with van der Waals surface area (Å²) in [6, 6.07) is 14.0. The highest BCUT2D eigenvalue weighted by Gasteiger charge is 2.41. The first kappa shape index (κ1) is 21.4. The molecule has 0 saturated carbocycles. The van der Waals surface area contributed by atoms with Gasteiger partial charge >= 0.3 is 0 Å². The first-order valence-corrected chi connectivity index (χ1v) is 12.0. The van der Waals surface area contributed by atoms with Crippen molar-refractivity contribution < 1.29 is 17.5 Å². The van der Waals surface area contributed by atoms with E-state index >= 15 is 4.39 Å². The maximum atomic E-state index is 15.0. The smallest absolute Gasteiger partial charge is 0.221 e. The molecular weight excluding hydrogens is 403 g/mol. The molecule has 7 heteroatoms. The Morgan fingerprint density at radius 3 is 2.63 bits per heavy atom. The standard InChI is InChI=1S/C23H29FN2O3S/c1-17-8-11-22(18-6-3-2-4-7-18)30(27,28)26(17)15-19-9-10-20(14-21(19)24)23(25)12-5-13-29-16-23/h2-4,6-7,9-10,14,17,22H,5,8,11-13,15-16,25H2,1H3/t17-,22+,23?/m0/s1. The summed E-state index contributed by atoms with van der Waals surface area (Å²) in [6.45, 7) is 2.95. The molecule has 2 aliphatic rings. The van der Waals surface area contributed by atoms with Gasteiger partial charge in [0, 0.05) is 24.8 Å². The van der Waals surface area contributed by atoms with E-state index in [1.807, 2.05) is 43.3 Å². The summed E-state index contributed by atoms with van der Waals surface area (Å²) in [5.74, 6) is -0.424. The van der Waals surface area contributed by atoms with E-state index in [9.17, 15) is 8.42 Å². The van der Waals surface area contributed by atoms with Crippen molar-refractivity contribution in [2.45, 2.75) is 56.0 Å². The molecule has 2 aromatic carbocycles. The fourth-order valence-corrected chi connectivity index (χ4v) is 6.74. The quantitative estimate of drug-likeness (QED) is 0.797. The summed E-state index contributed by atoms with van der Waals surface area (Å²) in [5.41, 5.74) is 7.58. The van der Waals surface area contributed by atoms with Gasteiger partial charge in [-0.2, -0.15) is 4.31 Å². The first-order valence-electron chi connectivity index (χ1n) is 10.5. The monoisotopic (exact) mass is 432 g/mol. The third-order valence-corrected chi connectivity index (χ3v) is 8.79. The van der Waals surface area contributed by atoms with Gasteiger partial charge in [0.25, 0.3) is 0 Å². The van der Waals surface area contributed by atoms with Crippen LogP contribution in [0.1, 0.15) is 54.5 Å². The molecule has 3 atom stereocenters. The number of ether oxygens (including phenoxy) is 1. The van der Waals surface area contributed by atoms with E-state index in [0.717, 1.165) is 24.8 Å². The molecule has 0 spiro atoms. The van der Waals surface area contributed by atoms with Crippen molar-refractivity contribution in [1.29, 1.82) is 0 Å². The molecule has 0 aromatic heterocycles. The van der Waals surface area contributed by atoms with Crippen LogP contribution in [-0.4, -0.2) is 32.0 Å². The van der Waals surface area contributed by atoms with Crippen LogP contribution in [0.15, 0.2) is 48.5 Å². The van der Waals surface area contributed by atoms with Gasteiger partial charge in [-0.15, -0.1) is 0 Å². The molecule has 2 fully saturated rings. The second-order valence-electron chi connectivity index (χ2n) is 8.53. The van der Waals surface area contributed by atoms with Crippen molar-refractivity contribution >= 4 is 10.0 Å². The van der Waals surface area contributed by atoms with E-state index in [1.54, 1.807) is 6.07 Å². The molecule has 2 heterocycles. The topological polar surface area (TPSA) is 72.6 Å². The molecule has 2 saturated heterocycles. The molecular formula is C23H29FN2O3S. The first-order chi connectivity index (χ1) is 14.3. The molecule has 5 nitrogen and oxygen atoms in total. The lowest BCUT2D eigenvalue weighted by Crippen LogP contribution is -2.45. The number of hydrogen-bond acceptors (Lipinski definition) is 4. The van der Waals surface area contributed by atoms with Crippen LogP contribution < -0.4 is 5.73 Å². The molecule has 0 amide bonds. The predicted octanol–water partition coefficient (Wildman–Crippen LogP) is 3.85. The Bertz CT molecular complexity index is 991. The zero-order valence-electron chi connectivity index (χ0n) is 17.3. The predicted molar refractivity (Wildman–Crippen MR) is 115 cm³/mol. The van der Waals surface area contributed by atoms with Gasteiger partial charge < -0.3 is 10.5 Å². The average Bonchev–Trinajstić information content (AvgIpc) is 2.73. The van der Waals surface area contributed by atoms with Gasteiger partial charge in [-0.3, -0.25) is 0 Å². The Morgan fingerprint density at radius 2 is 1.97 bits per heavy atom. The SMILES string of the molecule is C[C@H]1CC[C@H](c2ccccc2)S(=O)(=O)N1Cc1ccc(C2(N)CCCOC2)cc1F. The lowest BCUT2D eigenvalue weighted by Gasteiger charge is -2.38. The van der Waals surface area contributed by atoms with Gasteiger partial charge in [0.2, 0.25) is 10.0 Å². The number of hydrogen-bond donors (Lipinski definition) is 1. The zero-order chi connectivity index (χ0) is 21.4. The largest absolute Gasteiger partial charge is 0.379 e. The van der Waals surface area contributed by atoms with Crippen molar-refractivity contribution in [3.63, 3.8) is 0 Å². The van der Waals surface area contributed by atoms with Gasteiger partial charge in [-0.05, 0) is 49.8 Å². The maximum Gasteiger partial charge on any atom is 0.221 e. The van der Waals surface area contributed by atoms with Crippen LogP contribution in [-0.2, 0) is 26.8 Å². The maximum absolute atomic E-state index is 15.0. The molecule has 4 rings (SSSR count). The van der Waals surface area contributed by atoms with E-state index in [2.05, 4.69) is 0 Å². The fourth-order valence-electron chi connectivity index (χ4n) is 4.55. The van der Waals surface area contributed by atoms with Crippen molar-refractivity contribution in [3.8, 4) is 0 Å². The van der Waals surface area contributed by atoms with Crippen molar-refractivity contribution in [3.05, 3.63) is 71.0 Å². The number of nitrogens with two attached hydrogens (primary N) is 1. The number of halogens is 1. The molecule has 1 unspecified atom stereocenters. The Hall–Kier alpha value is -1.80. The second kappa shape index (κ2) is 8.38.